The predicted octanol–water partition coefficient (Wildman–Crippen LogP) is 7.73. The Morgan fingerprint density at radius 2 is 1.65 bits per heavy atom. The molecule has 0 saturated carbocycles. The van der Waals surface area contributed by atoms with E-state index in [1.54, 1.807) is 45.4 Å². The summed E-state index contributed by atoms with van der Waals surface area (Å²) in [6.45, 7) is 1.94. The molecule has 0 saturated heterocycles. The molecule has 7 nitrogen and oxygen atoms in total. The number of hydrogen-bond acceptors (Lipinski definition) is 7. The van der Waals surface area contributed by atoms with Gasteiger partial charge in [0.2, 0.25) is 0 Å². The zero-order valence-corrected chi connectivity index (χ0v) is 23.6. The topological polar surface area (TPSA) is 86.8 Å². The van der Waals surface area contributed by atoms with Crippen LogP contribution in [0.5, 0.6) is 11.5 Å². The number of rotatable bonds is 8. The van der Waals surface area contributed by atoms with Crippen molar-refractivity contribution in [3.8, 4) is 33.9 Å². The molecule has 0 spiro atoms. The second-order valence-electron chi connectivity index (χ2n) is 8.68. The van der Waals surface area contributed by atoms with Crippen LogP contribution in [-0.2, 0) is 4.74 Å². The fourth-order valence-corrected chi connectivity index (χ4v) is 5.45. The first kappa shape index (κ1) is 27.2. The van der Waals surface area contributed by atoms with Gasteiger partial charge in [0.25, 0.3) is 5.91 Å². The minimum atomic E-state index is -0.519. The van der Waals surface area contributed by atoms with E-state index in [0.717, 1.165) is 11.1 Å². The second kappa shape index (κ2) is 11.8. The summed E-state index contributed by atoms with van der Waals surface area (Å²) in [6, 6.07) is 21.8. The number of hydrogen-bond donors (Lipinski definition) is 1. The monoisotopic (exact) mass is 572 g/mol. The first-order valence-electron chi connectivity index (χ1n) is 12.4. The van der Waals surface area contributed by atoms with Crippen LogP contribution in [0.2, 0.25) is 5.02 Å². The molecule has 1 amide bonds. The Labute approximate surface area is 240 Å². The van der Waals surface area contributed by atoms with E-state index in [2.05, 4.69) is 5.32 Å². The molecule has 40 heavy (non-hydrogen) atoms. The van der Waals surface area contributed by atoms with Gasteiger partial charge in [-0.15, -0.1) is 11.3 Å². The zero-order chi connectivity index (χ0) is 28.2. The Kier molecular flexibility index (Phi) is 8.00. The number of carbonyl (C=O) groups is 2. The quantitative estimate of drug-likeness (QED) is 0.191. The summed E-state index contributed by atoms with van der Waals surface area (Å²) < 4.78 is 16.2. The van der Waals surface area contributed by atoms with Crippen LogP contribution in [0, 0.1) is 0 Å². The summed E-state index contributed by atoms with van der Waals surface area (Å²) in [6.07, 6.45) is 0. The average Bonchev–Trinajstić information content (AvgIpc) is 3.40. The third-order valence-electron chi connectivity index (χ3n) is 6.29. The third kappa shape index (κ3) is 5.36. The molecule has 2 heterocycles. The lowest BCUT2D eigenvalue weighted by Gasteiger charge is -2.13. The number of fused-ring (bicyclic) bond motifs is 1. The van der Waals surface area contributed by atoms with E-state index in [9.17, 15) is 9.59 Å². The fraction of sp³-hybridized carbons (Fsp3) is 0.129. The van der Waals surface area contributed by atoms with Crippen LogP contribution in [-0.4, -0.2) is 37.7 Å². The van der Waals surface area contributed by atoms with Crippen molar-refractivity contribution in [3.05, 3.63) is 94.3 Å². The van der Waals surface area contributed by atoms with Gasteiger partial charge in [-0.1, -0.05) is 41.9 Å². The summed E-state index contributed by atoms with van der Waals surface area (Å²) >= 11 is 7.32. The van der Waals surface area contributed by atoms with E-state index in [1.807, 2.05) is 53.9 Å². The van der Waals surface area contributed by atoms with E-state index >= 15 is 0 Å². The summed E-state index contributed by atoms with van der Waals surface area (Å²) in [5.74, 6) is 0.240. The van der Waals surface area contributed by atoms with Crippen molar-refractivity contribution in [1.82, 2.24) is 4.98 Å². The van der Waals surface area contributed by atoms with E-state index in [0.29, 0.717) is 54.8 Å². The van der Waals surface area contributed by atoms with Gasteiger partial charge in [-0.2, -0.15) is 0 Å². The van der Waals surface area contributed by atoms with Crippen LogP contribution in [0.25, 0.3) is 33.3 Å². The number of esters is 1. The Morgan fingerprint density at radius 1 is 0.925 bits per heavy atom. The van der Waals surface area contributed by atoms with E-state index < -0.39 is 5.97 Å². The number of pyridine rings is 1. The predicted molar refractivity (Wildman–Crippen MR) is 159 cm³/mol. The molecule has 3 aromatic carbocycles. The molecule has 0 aliphatic carbocycles. The first-order valence-corrected chi connectivity index (χ1v) is 13.7. The molecule has 5 aromatic rings. The largest absolute Gasteiger partial charge is 0.493 e. The molecule has 0 unspecified atom stereocenters. The molecular formula is C31H25ClN2O5S. The molecule has 0 atom stereocenters. The minimum absolute atomic E-state index is 0.200. The molecule has 0 bridgehead atoms. The van der Waals surface area contributed by atoms with Crippen molar-refractivity contribution >= 4 is 50.7 Å². The highest BCUT2D eigenvalue weighted by molar-refractivity contribution is 7.15. The van der Waals surface area contributed by atoms with Crippen molar-refractivity contribution in [2.24, 2.45) is 0 Å². The third-order valence-corrected chi connectivity index (χ3v) is 7.44. The normalized spacial score (nSPS) is 10.8. The van der Waals surface area contributed by atoms with Gasteiger partial charge >= 0.3 is 5.97 Å². The van der Waals surface area contributed by atoms with Gasteiger partial charge in [-0.3, -0.25) is 4.79 Å². The molecule has 9 heteroatoms. The number of nitrogens with one attached hydrogen (secondary N) is 1. The lowest BCUT2D eigenvalue weighted by Crippen LogP contribution is -2.15. The van der Waals surface area contributed by atoms with Gasteiger partial charge in [0.05, 0.1) is 37.6 Å². The minimum Gasteiger partial charge on any atom is -0.493 e. The number of para-hydroxylation sites is 1. The standard InChI is InChI=1S/C31H25ClN2O5S/c1-4-39-31(36)28-23(18-9-12-20(32)13-10-18)17-40-30(28)34-29(35)22-16-25(33-24-8-6-5-7-21(22)24)19-11-14-26(37-2)27(15-19)38-3/h5-17H,4H2,1-3H3,(H,34,35). The van der Waals surface area contributed by atoms with E-state index in [1.165, 1.54) is 11.3 Å². The molecule has 1 N–H and O–H groups in total. The zero-order valence-electron chi connectivity index (χ0n) is 22.0. The lowest BCUT2D eigenvalue weighted by molar-refractivity contribution is 0.0529. The maximum atomic E-state index is 13.8. The van der Waals surface area contributed by atoms with Crippen LogP contribution in [0.3, 0.4) is 0 Å². The van der Waals surface area contributed by atoms with Crippen molar-refractivity contribution in [1.29, 1.82) is 0 Å². The van der Waals surface area contributed by atoms with Crippen molar-refractivity contribution in [2.75, 3.05) is 26.1 Å². The first-order chi connectivity index (χ1) is 19.4. The van der Waals surface area contributed by atoms with Crippen LogP contribution < -0.4 is 14.8 Å². The van der Waals surface area contributed by atoms with Gasteiger partial charge in [0, 0.05) is 26.9 Å². The number of amides is 1. The number of aromatic nitrogens is 1. The molecule has 0 radical (unpaired) electrons. The van der Waals surface area contributed by atoms with Gasteiger partial charge < -0.3 is 19.5 Å². The van der Waals surface area contributed by atoms with Crippen LogP contribution >= 0.6 is 22.9 Å². The summed E-state index contributed by atoms with van der Waals surface area (Å²) in [4.78, 5) is 31.6. The Hall–Kier alpha value is -4.40. The molecule has 5 rings (SSSR count). The second-order valence-corrected chi connectivity index (χ2v) is 9.99. The van der Waals surface area contributed by atoms with Crippen LogP contribution in [0.1, 0.15) is 27.6 Å². The molecular weight excluding hydrogens is 548 g/mol. The summed E-state index contributed by atoms with van der Waals surface area (Å²) in [5, 5.41) is 6.44. The smallest absolute Gasteiger partial charge is 0.341 e. The van der Waals surface area contributed by atoms with Crippen LogP contribution in [0.4, 0.5) is 5.00 Å². The Balaban J connectivity index is 1.58. The number of benzene rings is 3. The van der Waals surface area contributed by atoms with Gasteiger partial charge in [-0.05, 0) is 55.0 Å². The van der Waals surface area contributed by atoms with Gasteiger partial charge in [0.1, 0.15) is 10.6 Å². The number of anilines is 1. The van der Waals surface area contributed by atoms with Crippen LogP contribution in [0.15, 0.2) is 78.2 Å². The van der Waals surface area contributed by atoms with Crippen molar-refractivity contribution in [3.63, 3.8) is 0 Å². The molecule has 0 aliphatic heterocycles. The molecule has 2 aromatic heterocycles. The molecule has 0 aliphatic rings. The Morgan fingerprint density at radius 3 is 2.38 bits per heavy atom. The highest BCUT2D eigenvalue weighted by Crippen LogP contribution is 2.38. The Bertz CT molecular complexity index is 1720. The maximum absolute atomic E-state index is 13.8. The number of methoxy groups -OCH3 is 2. The van der Waals surface area contributed by atoms with E-state index in [4.69, 9.17) is 30.8 Å². The summed E-state index contributed by atoms with van der Waals surface area (Å²) in [5.41, 5.74) is 4.14. The lowest BCUT2D eigenvalue weighted by atomic mass is 10.0. The van der Waals surface area contributed by atoms with E-state index in [-0.39, 0.29) is 12.5 Å². The van der Waals surface area contributed by atoms with Crippen molar-refractivity contribution < 1.29 is 23.8 Å². The average molecular weight is 573 g/mol. The van der Waals surface area contributed by atoms with Crippen molar-refractivity contribution in [2.45, 2.75) is 6.92 Å². The fourth-order valence-electron chi connectivity index (χ4n) is 4.37. The SMILES string of the molecule is CCOC(=O)c1c(-c2ccc(Cl)cc2)csc1NC(=O)c1cc(-c2ccc(OC)c(OC)c2)nc2ccccc12. The molecule has 202 valence electrons. The number of carbonyl (C=O) groups excluding carboxylic acids is 2. The highest BCUT2D eigenvalue weighted by Gasteiger charge is 2.24. The van der Waals surface area contributed by atoms with Gasteiger partial charge in [-0.25, -0.2) is 9.78 Å². The summed E-state index contributed by atoms with van der Waals surface area (Å²) in [7, 11) is 3.14. The van der Waals surface area contributed by atoms with Gasteiger partial charge in [0.15, 0.2) is 11.5 Å². The molecule has 0 fully saturated rings. The highest BCUT2D eigenvalue weighted by atomic mass is 35.5. The maximum Gasteiger partial charge on any atom is 0.341 e. The number of nitrogens with zero attached hydrogens (tertiary/aromatic N) is 1. The number of halogens is 1. The number of thiophene rings is 1. The number of ether oxygens (including phenoxy) is 3.